The minimum absolute atomic E-state index is 0.152. The Balaban J connectivity index is 1.83. The maximum atomic E-state index is 12.0. The fraction of sp³-hybridized carbons (Fsp3) is 0.263. The number of amides is 1. The summed E-state index contributed by atoms with van der Waals surface area (Å²) < 4.78 is 10.5. The number of rotatable bonds is 4. The SMILES string of the molecule is CNC(=O)C1CN(Cc2ccc(C(=O)OC)cc2)c2ccccc2O1. The van der Waals surface area contributed by atoms with Gasteiger partial charge >= 0.3 is 5.97 Å². The highest BCUT2D eigenvalue weighted by Crippen LogP contribution is 2.34. The molecule has 0 fully saturated rings. The Morgan fingerprint density at radius 3 is 2.60 bits per heavy atom. The number of benzene rings is 2. The third kappa shape index (κ3) is 3.57. The number of likely N-dealkylation sites (N-methyl/N-ethyl adjacent to an activating group) is 1. The number of nitrogens with one attached hydrogen (secondary N) is 1. The molecule has 25 heavy (non-hydrogen) atoms. The molecule has 2 aromatic carbocycles. The second-order valence-electron chi connectivity index (χ2n) is 5.76. The van der Waals surface area contributed by atoms with Crippen molar-refractivity contribution in [3.8, 4) is 5.75 Å². The molecule has 0 bridgehead atoms. The van der Waals surface area contributed by atoms with Gasteiger partial charge in [0.1, 0.15) is 5.75 Å². The maximum absolute atomic E-state index is 12.0. The van der Waals surface area contributed by atoms with Crippen LogP contribution in [0.25, 0.3) is 0 Å². The molecule has 0 aliphatic carbocycles. The molecule has 0 saturated heterocycles. The van der Waals surface area contributed by atoms with E-state index in [0.717, 1.165) is 11.3 Å². The van der Waals surface area contributed by atoms with Crippen LogP contribution >= 0.6 is 0 Å². The van der Waals surface area contributed by atoms with Crippen LogP contribution < -0.4 is 15.0 Å². The predicted octanol–water partition coefficient (Wildman–Crippen LogP) is 1.99. The smallest absolute Gasteiger partial charge is 0.337 e. The van der Waals surface area contributed by atoms with Gasteiger partial charge in [-0.3, -0.25) is 4.79 Å². The van der Waals surface area contributed by atoms with Crippen LogP contribution in [0.4, 0.5) is 5.69 Å². The molecule has 6 nitrogen and oxygen atoms in total. The van der Waals surface area contributed by atoms with E-state index in [1.54, 1.807) is 19.2 Å². The number of hydrogen-bond acceptors (Lipinski definition) is 5. The predicted molar refractivity (Wildman–Crippen MR) is 93.8 cm³/mol. The van der Waals surface area contributed by atoms with Gasteiger partial charge in [0.15, 0.2) is 6.10 Å². The zero-order chi connectivity index (χ0) is 17.8. The lowest BCUT2D eigenvalue weighted by atomic mass is 10.1. The number of carbonyl (C=O) groups excluding carboxylic acids is 2. The molecule has 3 rings (SSSR count). The van der Waals surface area contributed by atoms with Crippen molar-refractivity contribution in [2.45, 2.75) is 12.6 Å². The Labute approximate surface area is 146 Å². The second-order valence-corrected chi connectivity index (χ2v) is 5.76. The van der Waals surface area contributed by atoms with E-state index in [2.05, 4.69) is 10.2 Å². The molecule has 1 aliphatic rings. The van der Waals surface area contributed by atoms with Crippen LogP contribution in [-0.4, -0.2) is 38.7 Å². The van der Waals surface area contributed by atoms with E-state index in [4.69, 9.17) is 9.47 Å². The van der Waals surface area contributed by atoms with Gasteiger partial charge < -0.3 is 19.7 Å². The minimum atomic E-state index is -0.561. The summed E-state index contributed by atoms with van der Waals surface area (Å²) in [6.07, 6.45) is -0.561. The largest absolute Gasteiger partial charge is 0.477 e. The number of hydrogen-bond donors (Lipinski definition) is 1. The van der Waals surface area contributed by atoms with E-state index in [1.165, 1.54) is 7.11 Å². The highest BCUT2D eigenvalue weighted by Gasteiger charge is 2.30. The molecular weight excluding hydrogens is 320 g/mol. The summed E-state index contributed by atoms with van der Waals surface area (Å²) in [5.74, 6) is 0.178. The zero-order valence-corrected chi connectivity index (χ0v) is 14.2. The van der Waals surface area contributed by atoms with Crippen molar-refractivity contribution in [1.29, 1.82) is 0 Å². The van der Waals surface area contributed by atoms with Gasteiger partial charge in [-0.2, -0.15) is 0 Å². The number of carbonyl (C=O) groups is 2. The summed E-state index contributed by atoms with van der Waals surface area (Å²) in [6, 6.07) is 14.9. The van der Waals surface area contributed by atoms with Crippen molar-refractivity contribution in [2.75, 3.05) is 25.6 Å². The van der Waals surface area contributed by atoms with Gasteiger partial charge in [0.25, 0.3) is 5.91 Å². The average Bonchev–Trinajstić information content (AvgIpc) is 2.67. The fourth-order valence-electron chi connectivity index (χ4n) is 2.84. The van der Waals surface area contributed by atoms with Gasteiger partial charge in [-0.05, 0) is 29.8 Å². The summed E-state index contributed by atoms with van der Waals surface area (Å²) in [7, 11) is 2.96. The third-order valence-corrected chi connectivity index (χ3v) is 4.15. The molecule has 0 saturated carbocycles. The van der Waals surface area contributed by atoms with Crippen LogP contribution in [0.1, 0.15) is 15.9 Å². The molecule has 1 atom stereocenters. The van der Waals surface area contributed by atoms with Crippen LogP contribution in [0.3, 0.4) is 0 Å². The average molecular weight is 340 g/mol. The third-order valence-electron chi connectivity index (χ3n) is 4.15. The monoisotopic (exact) mass is 340 g/mol. The van der Waals surface area contributed by atoms with E-state index in [1.807, 2.05) is 36.4 Å². The van der Waals surface area contributed by atoms with Crippen LogP contribution in [-0.2, 0) is 16.1 Å². The van der Waals surface area contributed by atoms with Crippen molar-refractivity contribution in [1.82, 2.24) is 5.32 Å². The molecule has 2 aromatic rings. The topological polar surface area (TPSA) is 67.9 Å². The van der Waals surface area contributed by atoms with Gasteiger partial charge in [-0.15, -0.1) is 0 Å². The van der Waals surface area contributed by atoms with E-state index in [9.17, 15) is 9.59 Å². The highest BCUT2D eigenvalue weighted by atomic mass is 16.5. The van der Waals surface area contributed by atoms with Crippen molar-refractivity contribution in [3.63, 3.8) is 0 Å². The molecular formula is C19H20N2O4. The maximum Gasteiger partial charge on any atom is 0.337 e. The fourth-order valence-corrected chi connectivity index (χ4v) is 2.84. The highest BCUT2D eigenvalue weighted by molar-refractivity contribution is 5.89. The van der Waals surface area contributed by atoms with Gasteiger partial charge in [0, 0.05) is 13.6 Å². The Hall–Kier alpha value is -3.02. The number of nitrogens with zero attached hydrogens (tertiary/aromatic N) is 1. The quantitative estimate of drug-likeness (QED) is 0.862. The first kappa shape index (κ1) is 16.8. The van der Waals surface area contributed by atoms with E-state index < -0.39 is 6.10 Å². The van der Waals surface area contributed by atoms with E-state index in [-0.39, 0.29) is 11.9 Å². The van der Waals surface area contributed by atoms with Gasteiger partial charge in [0.2, 0.25) is 0 Å². The molecule has 0 radical (unpaired) electrons. The van der Waals surface area contributed by atoms with Gasteiger partial charge in [0.05, 0.1) is 24.9 Å². The first-order valence-electron chi connectivity index (χ1n) is 8.02. The molecule has 1 N–H and O–H groups in total. The number of fused-ring (bicyclic) bond motifs is 1. The Bertz CT molecular complexity index is 773. The number of anilines is 1. The molecule has 1 aliphatic heterocycles. The molecule has 0 spiro atoms. The van der Waals surface area contributed by atoms with Gasteiger partial charge in [-0.25, -0.2) is 4.79 Å². The molecule has 1 unspecified atom stereocenters. The van der Waals surface area contributed by atoms with Crippen molar-refractivity contribution < 1.29 is 19.1 Å². The second kappa shape index (κ2) is 7.25. The number of ether oxygens (including phenoxy) is 2. The molecule has 1 heterocycles. The lowest BCUT2D eigenvalue weighted by Crippen LogP contribution is -2.47. The van der Waals surface area contributed by atoms with Crippen molar-refractivity contribution in [3.05, 3.63) is 59.7 Å². The number of methoxy groups -OCH3 is 1. The zero-order valence-electron chi connectivity index (χ0n) is 14.2. The Kier molecular flexibility index (Phi) is 4.88. The lowest BCUT2D eigenvalue weighted by Gasteiger charge is -2.35. The summed E-state index contributed by atoms with van der Waals surface area (Å²) >= 11 is 0. The number of esters is 1. The van der Waals surface area contributed by atoms with Crippen LogP contribution in [0, 0.1) is 0 Å². The first-order valence-corrected chi connectivity index (χ1v) is 8.02. The van der Waals surface area contributed by atoms with E-state index >= 15 is 0 Å². The first-order chi connectivity index (χ1) is 12.1. The molecule has 1 amide bonds. The van der Waals surface area contributed by atoms with Crippen LogP contribution in [0.2, 0.25) is 0 Å². The van der Waals surface area contributed by atoms with Crippen molar-refractivity contribution >= 4 is 17.6 Å². The van der Waals surface area contributed by atoms with Gasteiger partial charge in [-0.1, -0.05) is 24.3 Å². The summed E-state index contributed by atoms with van der Waals surface area (Å²) in [6.45, 7) is 1.06. The molecule has 0 aromatic heterocycles. The number of para-hydroxylation sites is 2. The van der Waals surface area contributed by atoms with Crippen LogP contribution in [0.5, 0.6) is 5.75 Å². The van der Waals surface area contributed by atoms with E-state index in [0.29, 0.717) is 24.4 Å². The lowest BCUT2D eigenvalue weighted by molar-refractivity contribution is -0.127. The summed E-state index contributed by atoms with van der Waals surface area (Å²) in [5, 5.41) is 2.63. The minimum Gasteiger partial charge on any atom is -0.477 e. The molecule has 130 valence electrons. The summed E-state index contributed by atoms with van der Waals surface area (Å²) in [4.78, 5) is 25.7. The Morgan fingerprint density at radius 1 is 1.20 bits per heavy atom. The standard InChI is InChI=1S/C19H20N2O4/c1-20-18(22)17-12-21(15-5-3-4-6-16(15)25-17)11-13-7-9-14(10-8-13)19(23)24-2/h3-10,17H,11-12H2,1-2H3,(H,20,22). The molecule has 6 heteroatoms. The van der Waals surface area contributed by atoms with Crippen molar-refractivity contribution in [2.24, 2.45) is 0 Å². The normalized spacial score (nSPS) is 15.8. The van der Waals surface area contributed by atoms with Crippen LogP contribution in [0.15, 0.2) is 48.5 Å². The summed E-state index contributed by atoms with van der Waals surface area (Å²) in [5.41, 5.74) is 2.48. The Morgan fingerprint density at radius 2 is 1.92 bits per heavy atom.